The van der Waals surface area contributed by atoms with Crippen molar-refractivity contribution in [1.29, 1.82) is 0 Å². The Morgan fingerprint density at radius 2 is 1.82 bits per heavy atom. The van der Waals surface area contributed by atoms with E-state index in [0.717, 1.165) is 47.4 Å². The van der Waals surface area contributed by atoms with Crippen LogP contribution in [0.3, 0.4) is 0 Å². The molecule has 146 valence electrons. The standard InChI is InChI=1S/C24H28N2O2/c1-17-6-9-19(10-7-17)28-16-22-24(20-4-2-3-5-21(20)26-22)23(27)11-8-18-12-14-25-15-13-18/h2-7,9-10,18,25-26H,8,11-16H2,1H3. The summed E-state index contributed by atoms with van der Waals surface area (Å²) in [6.07, 6.45) is 3.91. The lowest BCUT2D eigenvalue weighted by Gasteiger charge is -2.22. The average Bonchev–Trinajstić information content (AvgIpc) is 3.11. The number of para-hydroxylation sites is 1. The van der Waals surface area contributed by atoms with E-state index >= 15 is 0 Å². The lowest BCUT2D eigenvalue weighted by molar-refractivity contribution is 0.0970. The first-order valence-electron chi connectivity index (χ1n) is 10.2. The number of ether oxygens (including phenoxy) is 1. The first-order chi connectivity index (χ1) is 13.7. The quantitative estimate of drug-likeness (QED) is 0.570. The molecule has 0 spiro atoms. The van der Waals surface area contributed by atoms with Gasteiger partial charge in [-0.2, -0.15) is 0 Å². The van der Waals surface area contributed by atoms with Crippen molar-refractivity contribution in [3.05, 3.63) is 65.4 Å². The number of ketones is 1. The number of carbonyl (C=O) groups excluding carboxylic acids is 1. The van der Waals surface area contributed by atoms with E-state index in [1.54, 1.807) is 0 Å². The molecule has 1 aliphatic rings. The zero-order chi connectivity index (χ0) is 19.3. The number of carbonyl (C=O) groups is 1. The van der Waals surface area contributed by atoms with Gasteiger partial charge in [-0.05, 0) is 63.4 Å². The molecule has 0 bridgehead atoms. The van der Waals surface area contributed by atoms with Crippen LogP contribution in [0.5, 0.6) is 5.75 Å². The topological polar surface area (TPSA) is 54.1 Å². The number of Topliss-reactive ketones (excluding diaryl/α,β-unsaturated/α-hetero) is 1. The molecule has 0 saturated carbocycles. The molecule has 1 aromatic heterocycles. The van der Waals surface area contributed by atoms with Crippen molar-refractivity contribution in [3.8, 4) is 5.75 Å². The van der Waals surface area contributed by atoms with Crippen LogP contribution < -0.4 is 10.1 Å². The molecular weight excluding hydrogens is 348 g/mol. The van der Waals surface area contributed by atoms with Crippen LogP contribution >= 0.6 is 0 Å². The van der Waals surface area contributed by atoms with Gasteiger partial charge in [0.2, 0.25) is 0 Å². The van der Waals surface area contributed by atoms with Gasteiger partial charge in [0.05, 0.1) is 5.69 Å². The van der Waals surface area contributed by atoms with E-state index in [0.29, 0.717) is 18.9 Å². The molecule has 4 nitrogen and oxygen atoms in total. The van der Waals surface area contributed by atoms with Gasteiger partial charge in [0.1, 0.15) is 12.4 Å². The highest BCUT2D eigenvalue weighted by Crippen LogP contribution is 2.27. The van der Waals surface area contributed by atoms with Crippen molar-refractivity contribution in [2.75, 3.05) is 13.1 Å². The van der Waals surface area contributed by atoms with Crippen LogP contribution in [0.1, 0.15) is 47.3 Å². The summed E-state index contributed by atoms with van der Waals surface area (Å²) < 4.78 is 5.97. The largest absolute Gasteiger partial charge is 0.487 e. The first kappa shape index (κ1) is 18.8. The highest BCUT2D eigenvalue weighted by Gasteiger charge is 2.21. The normalized spacial score (nSPS) is 15.0. The SMILES string of the molecule is Cc1ccc(OCc2[nH]c3ccccc3c2C(=O)CCC2CCNCC2)cc1. The van der Waals surface area contributed by atoms with Crippen molar-refractivity contribution in [2.45, 2.75) is 39.2 Å². The molecule has 0 amide bonds. The second-order valence-electron chi connectivity index (χ2n) is 7.78. The minimum absolute atomic E-state index is 0.221. The van der Waals surface area contributed by atoms with E-state index < -0.39 is 0 Å². The molecule has 1 aliphatic heterocycles. The van der Waals surface area contributed by atoms with E-state index in [2.05, 4.69) is 17.2 Å². The lowest BCUT2D eigenvalue weighted by atomic mass is 9.90. The predicted octanol–water partition coefficient (Wildman–Crippen LogP) is 5.02. The molecule has 1 fully saturated rings. The summed E-state index contributed by atoms with van der Waals surface area (Å²) >= 11 is 0. The maximum absolute atomic E-state index is 13.1. The van der Waals surface area contributed by atoms with Crippen molar-refractivity contribution < 1.29 is 9.53 Å². The fourth-order valence-electron chi connectivity index (χ4n) is 4.05. The van der Waals surface area contributed by atoms with E-state index in [1.165, 1.54) is 18.4 Å². The van der Waals surface area contributed by atoms with Crippen molar-refractivity contribution in [3.63, 3.8) is 0 Å². The Balaban J connectivity index is 1.52. The number of H-pyrrole nitrogens is 1. The van der Waals surface area contributed by atoms with Gasteiger partial charge >= 0.3 is 0 Å². The molecule has 2 aromatic carbocycles. The fourth-order valence-corrected chi connectivity index (χ4v) is 4.05. The lowest BCUT2D eigenvalue weighted by Crippen LogP contribution is -2.28. The van der Waals surface area contributed by atoms with E-state index in [4.69, 9.17) is 4.74 Å². The molecule has 0 aliphatic carbocycles. The zero-order valence-corrected chi connectivity index (χ0v) is 16.5. The van der Waals surface area contributed by atoms with Crippen LogP contribution in [-0.4, -0.2) is 23.9 Å². The Bertz CT molecular complexity index is 937. The number of aryl methyl sites for hydroxylation is 1. The molecule has 4 rings (SSSR count). The van der Waals surface area contributed by atoms with Crippen LogP contribution in [0.25, 0.3) is 10.9 Å². The molecule has 1 saturated heterocycles. The molecule has 4 heteroatoms. The third kappa shape index (κ3) is 4.28. The maximum atomic E-state index is 13.1. The van der Waals surface area contributed by atoms with Gasteiger partial charge in [-0.25, -0.2) is 0 Å². The average molecular weight is 377 g/mol. The third-order valence-electron chi connectivity index (χ3n) is 5.71. The molecule has 3 aromatic rings. The molecule has 2 heterocycles. The summed E-state index contributed by atoms with van der Waals surface area (Å²) in [6.45, 7) is 4.57. The van der Waals surface area contributed by atoms with Crippen LogP contribution in [0.4, 0.5) is 0 Å². The fraction of sp³-hybridized carbons (Fsp3) is 0.375. The summed E-state index contributed by atoms with van der Waals surface area (Å²) in [6, 6.07) is 16.0. The van der Waals surface area contributed by atoms with Gasteiger partial charge in [0.15, 0.2) is 5.78 Å². The molecule has 0 radical (unpaired) electrons. The van der Waals surface area contributed by atoms with Gasteiger partial charge < -0.3 is 15.0 Å². The summed E-state index contributed by atoms with van der Waals surface area (Å²) in [5.41, 5.74) is 3.87. The molecule has 28 heavy (non-hydrogen) atoms. The van der Waals surface area contributed by atoms with Gasteiger partial charge in [-0.3, -0.25) is 4.79 Å². The molecule has 2 N–H and O–H groups in total. The number of piperidine rings is 1. The molecule has 0 atom stereocenters. The minimum atomic E-state index is 0.221. The zero-order valence-electron chi connectivity index (χ0n) is 16.5. The van der Waals surface area contributed by atoms with Crippen LogP contribution in [-0.2, 0) is 6.61 Å². The number of benzene rings is 2. The smallest absolute Gasteiger partial charge is 0.165 e. The minimum Gasteiger partial charge on any atom is -0.487 e. The number of hydrogen-bond acceptors (Lipinski definition) is 3. The number of aromatic amines is 1. The monoisotopic (exact) mass is 376 g/mol. The summed E-state index contributed by atoms with van der Waals surface area (Å²) in [5, 5.41) is 4.39. The number of nitrogens with one attached hydrogen (secondary N) is 2. The van der Waals surface area contributed by atoms with Crippen LogP contribution in [0, 0.1) is 12.8 Å². The van der Waals surface area contributed by atoms with Gasteiger partial charge in [0, 0.05) is 22.9 Å². The first-order valence-corrected chi connectivity index (χ1v) is 10.2. The summed E-state index contributed by atoms with van der Waals surface area (Å²) in [4.78, 5) is 16.6. The Morgan fingerprint density at radius 3 is 2.61 bits per heavy atom. The Morgan fingerprint density at radius 1 is 1.07 bits per heavy atom. The number of aromatic nitrogens is 1. The predicted molar refractivity (Wildman–Crippen MR) is 113 cm³/mol. The number of fused-ring (bicyclic) bond motifs is 1. The van der Waals surface area contributed by atoms with Crippen molar-refractivity contribution in [1.82, 2.24) is 10.3 Å². The van der Waals surface area contributed by atoms with Crippen LogP contribution in [0.15, 0.2) is 48.5 Å². The Kier molecular flexibility index (Phi) is 5.77. The maximum Gasteiger partial charge on any atom is 0.165 e. The van der Waals surface area contributed by atoms with Crippen LogP contribution in [0.2, 0.25) is 0 Å². The number of hydrogen-bond donors (Lipinski definition) is 2. The third-order valence-corrected chi connectivity index (χ3v) is 5.71. The van der Waals surface area contributed by atoms with Crippen molar-refractivity contribution in [2.24, 2.45) is 5.92 Å². The van der Waals surface area contributed by atoms with E-state index in [-0.39, 0.29) is 5.78 Å². The second-order valence-corrected chi connectivity index (χ2v) is 7.78. The molecule has 0 unspecified atom stereocenters. The second kappa shape index (κ2) is 8.61. The summed E-state index contributed by atoms with van der Waals surface area (Å²) in [5.74, 6) is 1.69. The highest BCUT2D eigenvalue weighted by atomic mass is 16.5. The Hall–Kier alpha value is -2.59. The van der Waals surface area contributed by atoms with E-state index in [9.17, 15) is 4.79 Å². The van der Waals surface area contributed by atoms with E-state index in [1.807, 2.05) is 48.5 Å². The number of rotatable bonds is 7. The van der Waals surface area contributed by atoms with Gasteiger partial charge in [-0.1, -0.05) is 35.9 Å². The Labute approximate surface area is 166 Å². The molecular formula is C24H28N2O2. The highest BCUT2D eigenvalue weighted by molar-refractivity contribution is 6.09. The van der Waals surface area contributed by atoms with Crippen molar-refractivity contribution >= 4 is 16.7 Å². The van der Waals surface area contributed by atoms with Gasteiger partial charge in [0.25, 0.3) is 0 Å². The van der Waals surface area contributed by atoms with Gasteiger partial charge in [-0.15, -0.1) is 0 Å². The summed E-state index contributed by atoms with van der Waals surface area (Å²) in [7, 11) is 0.